The predicted octanol–water partition coefficient (Wildman–Crippen LogP) is 4.39. The summed E-state index contributed by atoms with van der Waals surface area (Å²) >= 11 is 0. The lowest BCUT2D eigenvalue weighted by Crippen LogP contribution is -2.17. The van der Waals surface area contributed by atoms with Gasteiger partial charge in [0.15, 0.2) is 0 Å². The molecule has 29 heavy (non-hydrogen) atoms. The molecule has 0 unspecified atom stereocenters. The molecule has 3 aromatic rings. The SMILES string of the molecule is CCCc1[nH]n(-c2cccc(NC(C)=O)c2)c(=O)c1C=Nc1ccccc1CC. The van der Waals surface area contributed by atoms with Gasteiger partial charge in [-0.1, -0.05) is 44.5 Å². The van der Waals surface area contributed by atoms with Crippen molar-refractivity contribution in [3.8, 4) is 5.69 Å². The third-order valence-corrected chi connectivity index (χ3v) is 4.64. The van der Waals surface area contributed by atoms with Crippen LogP contribution in [0.2, 0.25) is 0 Å². The Morgan fingerprint density at radius 2 is 1.97 bits per heavy atom. The fourth-order valence-electron chi connectivity index (χ4n) is 3.25. The van der Waals surface area contributed by atoms with Gasteiger partial charge in [-0.2, -0.15) is 0 Å². The van der Waals surface area contributed by atoms with Crippen molar-refractivity contribution in [2.24, 2.45) is 4.99 Å². The fourth-order valence-corrected chi connectivity index (χ4v) is 3.25. The first-order chi connectivity index (χ1) is 14.0. The van der Waals surface area contributed by atoms with Crippen LogP contribution in [0.25, 0.3) is 5.69 Å². The number of nitrogens with zero attached hydrogens (tertiary/aromatic N) is 2. The number of aryl methyl sites for hydroxylation is 2. The molecule has 3 rings (SSSR count). The predicted molar refractivity (Wildman–Crippen MR) is 118 cm³/mol. The Morgan fingerprint density at radius 3 is 2.69 bits per heavy atom. The topological polar surface area (TPSA) is 79.2 Å². The van der Waals surface area contributed by atoms with E-state index in [9.17, 15) is 9.59 Å². The molecular weight excluding hydrogens is 364 g/mol. The lowest BCUT2D eigenvalue weighted by molar-refractivity contribution is -0.114. The zero-order chi connectivity index (χ0) is 20.8. The molecule has 2 aromatic carbocycles. The Labute approximate surface area is 170 Å². The number of nitrogens with one attached hydrogen (secondary N) is 2. The van der Waals surface area contributed by atoms with Gasteiger partial charge in [0.2, 0.25) is 5.91 Å². The summed E-state index contributed by atoms with van der Waals surface area (Å²) < 4.78 is 1.50. The van der Waals surface area contributed by atoms with E-state index < -0.39 is 0 Å². The Bertz CT molecular complexity index is 1090. The molecule has 0 saturated carbocycles. The minimum absolute atomic E-state index is 0.157. The van der Waals surface area contributed by atoms with Crippen LogP contribution in [0.1, 0.15) is 44.0 Å². The molecule has 1 aromatic heterocycles. The van der Waals surface area contributed by atoms with E-state index in [2.05, 4.69) is 29.3 Å². The standard InChI is InChI=1S/C23H26N4O2/c1-4-9-22-20(15-24-21-13-7-6-10-17(21)5-2)23(29)27(26-22)19-12-8-11-18(14-19)25-16(3)28/h6-8,10-15,26H,4-5,9H2,1-3H3,(H,25,28). The van der Waals surface area contributed by atoms with E-state index in [0.29, 0.717) is 16.9 Å². The molecule has 0 aliphatic rings. The molecule has 0 spiro atoms. The fraction of sp³-hybridized carbons (Fsp3) is 0.261. The quantitative estimate of drug-likeness (QED) is 0.587. The van der Waals surface area contributed by atoms with Crippen molar-refractivity contribution in [2.75, 3.05) is 5.32 Å². The lowest BCUT2D eigenvalue weighted by Gasteiger charge is -2.06. The van der Waals surface area contributed by atoms with E-state index in [1.807, 2.05) is 30.3 Å². The number of anilines is 1. The number of H-pyrrole nitrogens is 1. The summed E-state index contributed by atoms with van der Waals surface area (Å²) in [6.07, 6.45) is 4.18. The highest BCUT2D eigenvalue weighted by molar-refractivity contribution is 5.89. The van der Waals surface area contributed by atoms with Crippen molar-refractivity contribution >= 4 is 23.5 Å². The normalized spacial score (nSPS) is 11.1. The number of rotatable bonds is 7. The molecule has 6 heteroatoms. The smallest absolute Gasteiger partial charge is 0.280 e. The monoisotopic (exact) mass is 390 g/mol. The Balaban J connectivity index is 2.03. The number of amides is 1. The summed E-state index contributed by atoms with van der Waals surface area (Å²) in [5.74, 6) is -0.157. The maximum absolute atomic E-state index is 13.1. The number of hydrogen-bond donors (Lipinski definition) is 2. The van der Waals surface area contributed by atoms with Gasteiger partial charge < -0.3 is 5.32 Å². The third-order valence-electron chi connectivity index (χ3n) is 4.64. The van der Waals surface area contributed by atoms with Gasteiger partial charge in [-0.15, -0.1) is 0 Å². The summed E-state index contributed by atoms with van der Waals surface area (Å²) in [6, 6.07) is 15.1. The summed E-state index contributed by atoms with van der Waals surface area (Å²) in [5, 5.41) is 5.96. The van der Waals surface area contributed by atoms with E-state index in [-0.39, 0.29) is 11.5 Å². The minimum atomic E-state index is -0.161. The Hall–Kier alpha value is -3.41. The molecule has 0 saturated heterocycles. The number of para-hydroxylation sites is 1. The van der Waals surface area contributed by atoms with Crippen LogP contribution in [-0.4, -0.2) is 21.9 Å². The van der Waals surface area contributed by atoms with Crippen LogP contribution in [0.3, 0.4) is 0 Å². The second-order valence-electron chi connectivity index (χ2n) is 6.87. The first-order valence-electron chi connectivity index (χ1n) is 9.87. The van der Waals surface area contributed by atoms with E-state index in [1.165, 1.54) is 11.6 Å². The van der Waals surface area contributed by atoms with Gasteiger partial charge in [0.25, 0.3) is 5.56 Å². The van der Waals surface area contributed by atoms with Gasteiger partial charge in [-0.3, -0.25) is 19.7 Å². The average Bonchev–Trinajstić information content (AvgIpc) is 3.02. The zero-order valence-electron chi connectivity index (χ0n) is 17.0. The second-order valence-corrected chi connectivity index (χ2v) is 6.87. The highest BCUT2D eigenvalue weighted by Gasteiger charge is 2.14. The molecular formula is C23H26N4O2. The maximum atomic E-state index is 13.1. The van der Waals surface area contributed by atoms with E-state index in [1.54, 1.807) is 24.4 Å². The molecule has 150 valence electrons. The Morgan fingerprint density at radius 1 is 1.17 bits per heavy atom. The lowest BCUT2D eigenvalue weighted by atomic mass is 10.1. The van der Waals surface area contributed by atoms with Crippen LogP contribution in [0.4, 0.5) is 11.4 Å². The molecule has 0 fully saturated rings. The van der Waals surface area contributed by atoms with Gasteiger partial charge in [0.1, 0.15) is 0 Å². The van der Waals surface area contributed by atoms with Crippen LogP contribution >= 0.6 is 0 Å². The van der Waals surface area contributed by atoms with Crippen molar-refractivity contribution < 1.29 is 4.79 Å². The molecule has 0 radical (unpaired) electrons. The summed E-state index contributed by atoms with van der Waals surface area (Å²) in [4.78, 5) is 29.1. The van der Waals surface area contributed by atoms with Crippen LogP contribution < -0.4 is 10.9 Å². The number of benzene rings is 2. The first-order valence-corrected chi connectivity index (χ1v) is 9.87. The van der Waals surface area contributed by atoms with Gasteiger partial charge in [-0.25, -0.2) is 4.68 Å². The number of aromatic amines is 1. The molecule has 6 nitrogen and oxygen atoms in total. The molecule has 1 amide bonds. The average molecular weight is 390 g/mol. The molecule has 0 aliphatic carbocycles. The van der Waals surface area contributed by atoms with Crippen LogP contribution in [-0.2, 0) is 17.6 Å². The maximum Gasteiger partial charge on any atom is 0.280 e. The van der Waals surface area contributed by atoms with Crippen molar-refractivity contribution in [3.05, 3.63) is 75.7 Å². The number of hydrogen-bond acceptors (Lipinski definition) is 3. The first kappa shape index (κ1) is 20.3. The number of carbonyl (C=O) groups excluding carboxylic acids is 1. The van der Waals surface area contributed by atoms with Crippen molar-refractivity contribution in [1.29, 1.82) is 0 Å². The molecule has 2 N–H and O–H groups in total. The molecule has 0 atom stereocenters. The summed E-state index contributed by atoms with van der Waals surface area (Å²) in [6.45, 7) is 5.61. The summed E-state index contributed by atoms with van der Waals surface area (Å²) in [5.41, 5.74) is 4.55. The minimum Gasteiger partial charge on any atom is -0.326 e. The van der Waals surface area contributed by atoms with E-state index >= 15 is 0 Å². The molecule has 0 bridgehead atoms. The second kappa shape index (κ2) is 9.19. The third kappa shape index (κ3) is 4.71. The largest absolute Gasteiger partial charge is 0.326 e. The van der Waals surface area contributed by atoms with Crippen molar-refractivity contribution in [1.82, 2.24) is 9.78 Å². The van der Waals surface area contributed by atoms with E-state index in [0.717, 1.165) is 36.2 Å². The number of aromatic nitrogens is 2. The van der Waals surface area contributed by atoms with Crippen LogP contribution in [0, 0.1) is 0 Å². The summed E-state index contributed by atoms with van der Waals surface area (Å²) in [7, 11) is 0. The van der Waals surface area contributed by atoms with E-state index in [4.69, 9.17) is 0 Å². The zero-order valence-corrected chi connectivity index (χ0v) is 17.0. The number of carbonyl (C=O) groups is 1. The van der Waals surface area contributed by atoms with Gasteiger partial charge in [0, 0.05) is 24.5 Å². The molecule has 0 aliphatic heterocycles. The van der Waals surface area contributed by atoms with Crippen molar-refractivity contribution in [2.45, 2.75) is 40.0 Å². The van der Waals surface area contributed by atoms with Crippen LogP contribution in [0.5, 0.6) is 0 Å². The molecule has 1 heterocycles. The van der Waals surface area contributed by atoms with Gasteiger partial charge in [0.05, 0.1) is 16.9 Å². The highest BCUT2D eigenvalue weighted by atomic mass is 16.1. The van der Waals surface area contributed by atoms with Crippen LogP contribution in [0.15, 0.2) is 58.3 Å². The van der Waals surface area contributed by atoms with Crippen molar-refractivity contribution in [3.63, 3.8) is 0 Å². The highest BCUT2D eigenvalue weighted by Crippen LogP contribution is 2.19. The Kier molecular flexibility index (Phi) is 6.44. The van der Waals surface area contributed by atoms with Gasteiger partial charge >= 0.3 is 0 Å². The van der Waals surface area contributed by atoms with Gasteiger partial charge in [-0.05, 0) is 42.7 Å². The number of aliphatic imine (C=N–C) groups is 1.